The van der Waals surface area contributed by atoms with E-state index < -0.39 is 0 Å². The molecule has 0 aliphatic rings. The van der Waals surface area contributed by atoms with Crippen LogP contribution in [0.1, 0.15) is 24.4 Å². The number of amides is 1. The van der Waals surface area contributed by atoms with Gasteiger partial charge in [0.25, 0.3) is 0 Å². The van der Waals surface area contributed by atoms with Gasteiger partial charge in [0.2, 0.25) is 17.7 Å². The van der Waals surface area contributed by atoms with Gasteiger partial charge in [-0.05, 0) is 45.2 Å². The number of anilines is 1. The average molecular weight is 380 g/mol. The Kier molecular flexibility index (Phi) is 6.06. The van der Waals surface area contributed by atoms with E-state index in [-0.39, 0.29) is 18.5 Å². The van der Waals surface area contributed by atoms with E-state index in [9.17, 15) is 4.79 Å². The van der Waals surface area contributed by atoms with Crippen LogP contribution in [0.2, 0.25) is 0 Å². The maximum Gasteiger partial charge on any atom is 0.247 e. The molecule has 0 aliphatic carbocycles. The quantitative estimate of drug-likeness (QED) is 0.673. The van der Waals surface area contributed by atoms with Gasteiger partial charge in [0, 0.05) is 17.3 Å². The molecule has 7 nitrogen and oxygen atoms in total. The highest BCUT2D eigenvalue weighted by Crippen LogP contribution is 2.24. The van der Waals surface area contributed by atoms with Gasteiger partial charge >= 0.3 is 0 Å². The fraction of sp³-hybridized carbons (Fsp3) is 0.286. The number of methoxy groups -OCH3 is 1. The number of hydrogen-bond acceptors (Lipinski definition) is 6. The fourth-order valence-electron chi connectivity index (χ4n) is 2.75. The van der Waals surface area contributed by atoms with Crippen LogP contribution >= 0.6 is 0 Å². The number of nitrogens with zero attached hydrogens (tertiary/aromatic N) is 3. The lowest BCUT2D eigenvalue weighted by Crippen LogP contribution is -2.32. The van der Waals surface area contributed by atoms with E-state index in [1.54, 1.807) is 13.2 Å². The monoisotopic (exact) mass is 380 g/mol. The van der Waals surface area contributed by atoms with Gasteiger partial charge in [0.15, 0.2) is 0 Å². The van der Waals surface area contributed by atoms with Crippen molar-refractivity contribution in [1.82, 2.24) is 15.1 Å². The van der Waals surface area contributed by atoms with Crippen LogP contribution in [0.4, 0.5) is 5.69 Å². The highest BCUT2D eigenvalue weighted by Gasteiger charge is 2.21. The molecule has 0 radical (unpaired) electrons. The first kappa shape index (κ1) is 19.6. The zero-order valence-electron chi connectivity index (χ0n) is 16.5. The van der Waals surface area contributed by atoms with Crippen LogP contribution in [0.25, 0.3) is 11.5 Å². The number of carbonyl (C=O) groups excluding carboxylic acids is 1. The molecule has 3 aromatic rings. The Balaban J connectivity index is 1.62. The number of carbonyl (C=O) groups is 1. The van der Waals surface area contributed by atoms with Gasteiger partial charge in [0.1, 0.15) is 5.75 Å². The maximum atomic E-state index is 12.4. The van der Waals surface area contributed by atoms with Crippen molar-refractivity contribution in [2.75, 3.05) is 26.0 Å². The molecule has 28 heavy (non-hydrogen) atoms. The first-order valence-electron chi connectivity index (χ1n) is 9.01. The summed E-state index contributed by atoms with van der Waals surface area (Å²) in [6, 6.07) is 14.9. The first-order chi connectivity index (χ1) is 13.5. The van der Waals surface area contributed by atoms with Gasteiger partial charge in [-0.3, -0.25) is 9.69 Å². The maximum absolute atomic E-state index is 12.4. The van der Waals surface area contributed by atoms with Gasteiger partial charge in [-0.25, -0.2) is 0 Å². The van der Waals surface area contributed by atoms with E-state index in [4.69, 9.17) is 9.15 Å². The number of rotatable bonds is 7. The summed E-state index contributed by atoms with van der Waals surface area (Å²) >= 11 is 0. The smallest absolute Gasteiger partial charge is 0.247 e. The van der Waals surface area contributed by atoms with E-state index in [1.165, 1.54) is 0 Å². The van der Waals surface area contributed by atoms with Crippen LogP contribution in [-0.2, 0) is 4.79 Å². The van der Waals surface area contributed by atoms with Crippen molar-refractivity contribution in [3.8, 4) is 17.2 Å². The second-order valence-electron chi connectivity index (χ2n) is 6.69. The van der Waals surface area contributed by atoms with E-state index in [2.05, 4.69) is 15.5 Å². The second kappa shape index (κ2) is 8.67. The van der Waals surface area contributed by atoms with Crippen molar-refractivity contribution < 1.29 is 13.9 Å². The Bertz CT molecular complexity index is 954. The second-order valence-corrected chi connectivity index (χ2v) is 6.69. The van der Waals surface area contributed by atoms with Gasteiger partial charge in [0.05, 0.1) is 19.7 Å². The van der Waals surface area contributed by atoms with Crippen molar-refractivity contribution >= 4 is 11.6 Å². The van der Waals surface area contributed by atoms with Crippen LogP contribution in [-0.4, -0.2) is 41.7 Å². The number of benzene rings is 2. The predicted molar refractivity (Wildman–Crippen MR) is 107 cm³/mol. The standard InChI is InChI=1S/C21H24N4O3/c1-14-7-5-8-16(11-14)21-24-23-20(28-21)15(2)25(3)13-19(26)22-17-9-6-10-18(12-17)27-4/h5-12,15H,13H2,1-4H3,(H,22,26)/t15-/m0/s1. The van der Waals surface area contributed by atoms with E-state index in [1.807, 2.05) is 68.3 Å². The molecule has 1 aromatic heterocycles. The summed E-state index contributed by atoms with van der Waals surface area (Å²) in [7, 11) is 3.43. The number of nitrogens with one attached hydrogen (secondary N) is 1. The van der Waals surface area contributed by atoms with E-state index >= 15 is 0 Å². The Labute approximate surface area is 164 Å². The summed E-state index contributed by atoms with van der Waals surface area (Å²) in [4.78, 5) is 14.2. The Hall–Kier alpha value is -3.19. The minimum atomic E-state index is -0.206. The molecule has 0 aliphatic heterocycles. The lowest BCUT2D eigenvalue weighted by atomic mass is 10.1. The lowest BCUT2D eigenvalue weighted by molar-refractivity contribution is -0.117. The van der Waals surface area contributed by atoms with Crippen molar-refractivity contribution in [3.63, 3.8) is 0 Å². The minimum absolute atomic E-state index is 0.138. The topological polar surface area (TPSA) is 80.5 Å². The number of aromatic nitrogens is 2. The Morgan fingerprint density at radius 2 is 2.00 bits per heavy atom. The van der Waals surface area contributed by atoms with Gasteiger partial charge < -0.3 is 14.5 Å². The van der Waals surface area contributed by atoms with Crippen LogP contribution in [0, 0.1) is 6.92 Å². The molecular formula is C21H24N4O3. The van der Waals surface area contributed by atoms with E-state index in [0.29, 0.717) is 23.2 Å². The largest absolute Gasteiger partial charge is 0.497 e. The third-order valence-corrected chi connectivity index (χ3v) is 4.47. The normalized spacial score (nSPS) is 12.0. The molecule has 1 atom stereocenters. The summed E-state index contributed by atoms with van der Waals surface area (Å²) in [6.07, 6.45) is 0. The van der Waals surface area contributed by atoms with Crippen LogP contribution < -0.4 is 10.1 Å². The summed E-state index contributed by atoms with van der Waals surface area (Å²) in [6.45, 7) is 4.12. The molecule has 0 saturated heterocycles. The molecule has 0 fully saturated rings. The molecular weight excluding hydrogens is 356 g/mol. The predicted octanol–water partition coefficient (Wildman–Crippen LogP) is 3.69. The number of aryl methyl sites for hydroxylation is 1. The number of likely N-dealkylation sites (N-methyl/N-ethyl adjacent to an activating group) is 1. The fourth-order valence-corrected chi connectivity index (χ4v) is 2.75. The zero-order valence-corrected chi connectivity index (χ0v) is 16.5. The minimum Gasteiger partial charge on any atom is -0.497 e. The third-order valence-electron chi connectivity index (χ3n) is 4.47. The summed E-state index contributed by atoms with van der Waals surface area (Å²) in [5.41, 5.74) is 2.69. The molecule has 1 amide bonds. The molecule has 1 N–H and O–H groups in total. The highest BCUT2D eigenvalue weighted by molar-refractivity contribution is 5.92. The highest BCUT2D eigenvalue weighted by atomic mass is 16.5. The molecule has 146 valence electrons. The van der Waals surface area contributed by atoms with Crippen LogP contribution in [0.5, 0.6) is 5.75 Å². The summed E-state index contributed by atoms with van der Waals surface area (Å²) < 4.78 is 11.0. The average Bonchev–Trinajstić information content (AvgIpc) is 3.17. The van der Waals surface area contributed by atoms with Gasteiger partial charge in [-0.2, -0.15) is 0 Å². The molecule has 3 rings (SSSR count). The summed E-state index contributed by atoms with van der Waals surface area (Å²) in [5, 5.41) is 11.2. The van der Waals surface area contributed by atoms with Crippen molar-refractivity contribution in [2.24, 2.45) is 0 Å². The SMILES string of the molecule is COc1cccc(NC(=O)CN(C)[C@@H](C)c2nnc(-c3cccc(C)c3)o2)c1. The van der Waals surface area contributed by atoms with Crippen molar-refractivity contribution in [2.45, 2.75) is 19.9 Å². The molecule has 0 unspecified atom stereocenters. The molecule has 0 spiro atoms. The molecule has 0 saturated carbocycles. The van der Waals surface area contributed by atoms with Crippen molar-refractivity contribution in [1.29, 1.82) is 0 Å². The Morgan fingerprint density at radius 1 is 1.21 bits per heavy atom. The lowest BCUT2D eigenvalue weighted by Gasteiger charge is -2.21. The van der Waals surface area contributed by atoms with Gasteiger partial charge in [-0.15, -0.1) is 10.2 Å². The van der Waals surface area contributed by atoms with E-state index in [0.717, 1.165) is 11.1 Å². The third kappa shape index (κ3) is 4.75. The number of ether oxygens (including phenoxy) is 1. The van der Waals surface area contributed by atoms with Crippen molar-refractivity contribution in [3.05, 3.63) is 60.0 Å². The summed E-state index contributed by atoms with van der Waals surface area (Å²) in [5.74, 6) is 1.49. The van der Waals surface area contributed by atoms with Crippen LogP contribution in [0.3, 0.4) is 0 Å². The first-order valence-corrected chi connectivity index (χ1v) is 9.01. The molecule has 2 aromatic carbocycles. The Morgan fingerprint density at radius 3 is 2.75 bits per heavy atom. The molecule has 7 heteroatoms. The van der Waals surface area contributed by atoms with Gasteiger partial charge in [-0.1, -0.05) is 23.8 Å². The molecule has 0 bridgehead atoms. The number of hydrogen-bond donors (Lipinski definition) is 1. The van der Waals surface area contributed by atoms with Crippen LogP contribution in [0.15, 0.2) is 52.9 Å². The molecule has 1 heterocycles. The zero-order chi connectivity index (χ0) is 20.1.